The zero-order valence-electron chi connectivity index (χ0n) is 8.74. The van der Waals surface area contributed by atoms with Gasteiger partial charge < -0.3 is 10.1 Å². The van der Waals surface area contributed by atoms with Gasteiger partial charge >= 0.3 is 5.97 Å². The molecule has 2 N–H and O–H groups in total. The highest BCUT2D eigenvalue weighted by Crippen LogP contribution is 2.26. The first-order chi connectivity index (χ1) is 7.09. The molecule has 0 bridgehead atoms. The molecule has 1 aromatic heterocycles. The molecule has 0 saturated heterocycles. The Morgan fingerprint density at radius 2 is 2.20 bits per heavy atom. The molecule has 0 aliphatic rings. The van der Waals surface area contributed by atoms with Gasteiger partial charge in [0.15, 0.2) is 0 Å². The number of H-pyrrole nitrogens is 1. The lowest BCUT2D eigenvalue weighted by Gasteiger charge is -2.07. The van der Waals surface area contributed by atoms with E-state index in [0.29, 0.717) is 0 Å². The summed E-state index contributed by atoms with van der Waals surface area (Å²) in [6, 6.07) is 7.70. The fraction of sp³-hybridized carbons (Fsp3) is 0.250. The summed E-state index contributed by atoms with van der Waals surface area (Å²) in [5.74, 6) is -1.26. The largest absolute Gasteiger partial charge is 0.481 e. The zero-order chi connectivity index (χ0) is 11.0. The lowest BCUT2D eigenvalue weighted by atomic mass is 9.98. The van der Waals surface area contributed by atoms with E-state index in [2.05, 4.69) is 4.98 Å². The zero-order valence-corrected chi connectivity index (χ0v) is 8.74. The van der Waals surface area contributed by atoms with Crippen LogP contribution in [-0.2, 0) is 4.79 Å². The van der Waals surface area contributed by atoms with Gasteiger partial charge in [0.1, 0.15) is 0 Å². The lowest BCUT2D eigenvalue weighted by Crippen LogP contribution is -2.07. The van der Waals surface area contributed by atoms with Gasteiger partial charge in [0.2, 0.25) is 0 Å². The Kier molecular flexibility index (Phi) is 2.23. The van der Waals surface area contributed by atoms with Crippen molar-refractivity contribution < 1.29 is 9.90 Å². The van der Waals surface area contributed by atoms with E-state index in [4.69, 9.17) is 5.11 Å². The number of aromatic nitrogens is 1. The predicted molar refractivity (Wildman–Crippen MR) is 59.1 cm³/mol. The maximum atomic E-state index is 10.9. The molecule has 1 heterocycles. The van der Waals surface area contributed by atoms with Crippen LogP contribution in [0.3, 0.4) is 0 Å². The second-order valence-electron chi connectivity index (χ2n) is 3.82. The number of aryl methyl sites for hydroxylation is 1. The summed E-state index contributed by atoms with van der Waals surface area (Å²) in [6.45, 7) is 3.68. The van der Waals surface area contributed by atoms with Crippen LogP contribution in [0.1, 0.15) is 24.1 Å². The van der Waals surface area contributed by atoms with E-state index >= 15 is 0 Å². The summed E-state index contributed by atoms with van der Waals surface area (Å²) in [5, 5.41) is 10.00. The summed E-state index contributed by atoms with van der Waals surface area (Å²) in [6.07, 6.45) is 0. The Bertz CT molecular complexity index is 513. The van der Waals surface area contributed by atoms with Crippen LogP contribution in [0.2, 0.25) is 0 Å². The molecule has 2 rings (SSSR count). The van der Waals surface area contributed by atoms with Gasteiger partial charge in [0.25, 0.3) is 0 Å². The van der Waals surface area contributed by atoms with Gasteiger partial charge in [0.05, 0.1) is 5.92 Å². The predicted octanol–water partition coefficient (Wildman–Crippen LogP) is 2.66. The molecule has 15 heavy (non-hydrogen) atoms. The molecule has 0 aliphatic heterocycles. The summed E-state index contributed by atoms with van der Waals surface area (Å²) in [5.41, 5.74) is 2.91. The summed E-state index contributed by atoms with van der Waals surface area (Å²) < 4.78 is 0. The Morgan fingerprint density at radius 1 is 1.47 bits per heavy atom. The van der Waals surface area contributed by atoms with Gasteiger partial charge in [-0.25, -0.2) is 0 Å². The van der Waals surface area contributed by atoms with Crippen molar-refractivity contribution in [3.05, 3.63) is 35.5 Å². The van der Waals surface area contributed by atoms with Gasteiger partial charge in [-0.05, 0) is 31.5 Å². The molecule has 1 unspecified atom stereocenters. The van der Waals surface area contributed by atoms with Crippen LogP contribution in [0.4, 0.5) is 0 Å². The van der Waals surface area contributed by atoms with Crippen LogP contribution < -0.4 is 0 Å². The van der Waals surface area contributed by atoms with E-state index in [-0.39, 0.29) is 0 Å². The molecule has 3 heteroatoms. The third-order valence-corrected chi connectivity index (χ3v) is 2.67. The summed E-state index contributed by atoms with van der Waals surface area (Å²) >= 11 is 0. The molecule has 78 valence electrons. The van der Waals surface area contributed by atoms with Crippen LogP contribution in [0.25, 0.3) is 10.9 Å². The van der Waals surface area contributed by atoms with Crippen molar-refractivity contribution in [3.63, 3.8) is 0 Å². The molecule has 3 nitrogen and oxygen atoms in total. The monoisotopic (exact) mass is 203 g/mol. The summed E-state index contributed by atoms with van der Waals surface area (Å²) in [4.78, 5) is 14.1. The third-order valence-electron chi connectivity index (χ3n) is 2.67. The van der Waals surface area contributed by atoms with Crippen molar-refractivity contribution in [1.29, 1.82) is 0 Å². The normalized spacial score (nSPS) is 12.9. The lowest BCUT2D eigenvalue weighted by molar-refractivity contribution is -0.138. The average molecular weight is 203 g/mol. The van der Waals surface area contributed by atoms with E-state index in [1.807, 2.05) is 31.2 Å². The first kappa shape index (κ1) is 9.77. The first-order valence-corrected chi connectivity index (χ1v) is 4.90. The molecule has 1 aromatic carbocycles. The number of benzene rings is 1. The summed E-state index contributed by atoms with van der Waals surface area (Å²) in [7, 11) is 0. The molecule has 2 aromatic rings. The number of carboxylic acid groups (broad SMARTS) is 1. The number of rotatable bonds is 2. The third kappa shape index (κ3) is 1.61. The van der Waals surface area contributed by atoms with Crippen molar-refractivity contribution in [2.24, 2.45) is 0 Å². The molecule has 0 aliphatic carbocycles. The SMILES string of the molecule is Cc1cc2c(C(C)C(=O)O)cccc2[nH]1. The number of aromatic amines is 1. The Hall–Kier alpha value is -1.77. The molecule has 0 amide bonds. The average Bonchev–Trinajstić information content (AvgIpc) is 2.56. The van der Waals surface area contributed by atoms with Crippen molar-refractivity contribution in [1.82, 2.24) is 4.98 Å². The van der Waals surface area contributed by atoms with E-state index < -0.39 is 11.9 Å². The van der Waals surface area contributed by atoms with E-state index in [1.54, 1.807) is 6.92 Å². The van der Waals surface area contributed by atoms with Crippen molar-refractivity contribution in [2.75, 3.05) is 0 Å². The number of aliphatic carboxylic acids is 1. The minimum atomic E-state index is -0.790. The van der Waals surface area contributed by atoms with Gasteiger partial charge in [-0.15, -0.1) is 0 Å². The Morgan fingerprint density at radius 3 is 2.87 bits per heavy atom. The van der Waals surface area contributed by atoms with Crippen LogP contribution in [0.15, 0.2) is 24.3 Å². The number of fused-ring (bicyclic) bond motifs is 1. The second-order valence-corrected chi connectivity index (χ2v) is 3.82. The standard InChI is InChI=1S/C12H13NO2/c1-7-6-10-9(8(2)12(14)15)4-3-5-11(10)13-7/h3-6,8,13H,1-2H3,(H,14,15). The maximum Gasteiger partial charge on any atom is 0.310 e. The van der Waals surface area contributed by atoms with Crippen molar-refractivity contribution in [2.45, 2.75) is 19.8 Å². The van der Waals surface area contributed by atoms with Crippen LogP contribution in [-0.4, -0.2) is 16.1 Å². The Balaban J connectivity index is 2.64. The highest BCUT2D eigenvalue weighted by atomic mass is 16.4. The topological polar surface area (TPSA) is 53.1 Å². The molecular weight excluding hydrogens is 190 g/mol. The Labute approximate surface area is 87.7 Å². The van der Waals surface area contributed by atoms with Crippen LogP contribution >= 0.6 is 0 Å². The smallest absolute Gasteiger partial charge is 0.310 e. The molecule has 0 radical (unpaired) electrons. The van der Waals surface area contributed by atoms with E-state index in [0.717, 1.165) is 22.2 Å². The van der Waals surface area contributed by atoms with Crippen molar-refractivity contribution in [3.8, 4) is 0 Å². The minimum absolute atomic E-state index is 0.469. The molecule has 0 saturated carbocycles. The van der Waals surface area contributed by atoms with Crippen LogP contribution in [0, 0.1) is 6.92 Å². The quantitative estimate of drug-likeness (QED) is 0.788. The van der Waals surface area contributed by atoms with Gasteiger partial charge in [-0.1, -0.05) is 12.1 Å². The molecule has 0 spiro atoms. The molecule has 1 atom stereocenters. The van der Waals surface area contributed by atoms with Gasteiger partial charge in [-0.2, -0.15) is 0 Å². The first-order valence-electron chi connectivity index (χ1n) is 4.90. The van der Waals surface area contributed by atoms with Gasteiger partial charge in [-0.3, -0.25) is 4.79 Å². The number of hydrogen-bond acceptors (Lipinski definition) is 1. The molecular formula is C12H13NO2. The number of carbonyl (C=O) groups is 1. The number of hydrogen-bond donors (Lipinski definition) is 2. The highest BCUT2D eigenvalue weighted by Gasteiger charge is 2.16. The maximum absolute atomic E-state index is 10.9. The fourth-order valence-electron chi connectivity index (χ4n) is 1.83. The van der Waals surface area contributed by atoms with Gasteiger partial charge in [0, 0.05) is 16.6 Å². The highest BCUT2D eigenvalue weighted by molar-refractivity contribution is 5.89. The van der Waals surface area contributed by atoms with E-state index in [1.165, 1.54) is 0 Å². The van der Waals surface area contributed by atoms with Crippen LogP contribution in [0.5, 0.6) is 0 Å². The molecule has 0 fully saturated rings. The fourth-order valence-corrected chi connectivity index (χ4v) is 1.83. The van der Waals surface area contributed by atoms with E-state index in [9.17, 15) is 4.79 Å². The minimum Gasteiger partial charge on any atom is -0.481 e. The van der Waals surface area contributed by atoms with Crippen molar-refractivity contribution >= 4 is 16.9 Å². The number of nitrogens with one attached hydrogen (secondary N) is 1. The number of carboxylic acids is 1. The second kappa shape index (κ2) is 3.42.